The van der Waals surface area contributed by atoms with Gasteiger partial charge in [0.15, 0.2) is 18.9 Å². The molecule has 0 aliphatic rings. The molecule has 2 aromatic rings. The minimum Gasteiger partial charge on any atom is -0.418 e. The average molecular weight is 301 g/mol. The van der Waals surface area contributed by atoms with Crippen molar-refractivity contribution >= 4 is 12.9 Å². The predicted octanol–water partition coefficient (Wildman–Crippen LogP) is 2.78. The Hall–Kier alpha value is -2.12. The average Bonchev–Trinajstić information content (AvgIpc) is 2.38. The third-order valence-electron chi connectivity index (χ3n) is 2.46. The maximum absolute atomic E-state index is 9.75. The van der Waals surface area contributed by atoms with E-state index in [0.717, 1.165) is 12.2 Å². The van der Waals surface area contributed by atoms with Crippen molar-refractivity contribution in [2.24, 2.45) is 0 Å². The molecule has 0 atom stereocenters. The van der Waals surface area contributed by atoms with Crippen LogP contribution in [0.25, 0.3) is 0 Å². The monoisotopic (exact) mass is 301 g/mol. The maximum atomic E-state index is 9.75. The molecule has 0 N–H and O–H groups in total. The fourth-order valence-corrected chi connectivity index (χ4v) is 1.53. The van der Waals surface area contributed by atoms with E-state index in [1.54, 1.807) is 0 Å². The van der Waals surface area contributed by atoms with Crippen molar-refractivity contribution in [3.63, 3.8) is 0 Å². The summed E-state index contributed by atoms with van der Waals surface area (Å²) in [7, 11) is -1.92. The van der Waals surface area contributed by atoms with Gasteiger partial charge in [0.05, 0.1) is 0 Å². The second kappa shape index (κ2) is 7.61. The van der Waals surface area contributed by atoms with Gasteiger partial charge in [0, 0.05) is 38.1 Å². The molecular weight excluding hydrogens is 285 g/mol. The maximum Gasteiger partial charge on any atom is 0.673 e. The van der Waals surface area contributed by atoms with Crippen LogP contribution in [0.2, 0.25) is 0 Å². The van der Waals surface area contributed by atoms with Crippen molar-refractivity contribution in [3.8, 4) is 0 Å². The van der Waals surface area contributed by atoms with Gasteiger partial charge in [-0.15, -0.1) is 0 Å². The molecule has 2 rings (SSSR count). The Kier molecular flexibility index (Phi) is 6.14. The lowest BCUT2D eigenvalue weighted by atomic mass is 10.3. The first kappa shape index (κ1) is 16.9. The zero-order valence-corrected chi connectivity index (χ0v) is 11.8. The molecule has 0 fully saturated rings. The normalized spacial score (nSPS) is 10.6. The summed E-state index contributed by atoms with van der Waals surface area (Å²) < 4.78 is 41.1. The van der Waals surface area contributed by atoms with E-state index in [1.807, 2.05) is 38.5 Å². The summed E-state index contributed by atoms with van der Waals surface area (Å²) in [6.07, 6.45) is 5.97. The van der Waals surface area contributed by atoms with Gasteiger partial charge in [-0.3, -0.25) is 4.98 Å². The van der Waals surface area contributed by atoms with Crippen molar-refractivity contribution in [2.45, 2.75) is 6.54 Å². The van der Waals surface area contributed by atoms with Gasteiger partial charge in [-0.05, 0) is 12.1 Å². The lowest BCUT2D eigenvalue weighted by Crippen LogP contribution is -2.33. The molecule has 0 aliphatic heterocycles. The number of rotatable bonds is 3. The van der Waals surface area contributed by atoms with Crippen molar-refractivity contribution < 1.29 is 21.8 Å². The Morgan fingerprint density at radius 1 is 1.05 bits per heavy atom. The number of pyridine rings is 2. The van der Waals surface area contributed by atoms with E-state index in [2.05, 4.69) is 39.0 Å². The minimum atomic E-state index is -6.00. The Labute approximate surface area is 121 Å². The summed E-state index contributed by atoms with van der Waals surface area (Å²) in [4.78, 5) is 6.39. The van der Waals surface area contributed by atoms with Crippen molar-refractivity contribution in [1.29, 1.82) is 0 Å². The number of hydrogen-bond donors (Lipinski definition) is 0. The number of halogens is 4. The van der Waals surface area contributed by atoms with Crippen LogP contribution in [0.15, 0.2) is 48.9 Å². The van der Waals surface area contributed by atoms with Crippen LogP contribution in [-0.4, -0.2) is 26.3 Å². The van der Waals surface area contributed by atoms with Gasteiger partial charge < -0.3 is 22.2 Å². The van der Waals surface area contributed by atoms with Crippen LogP contribution in [0.5, 0.6) is 0 Å². The van der Waals surface area contributed by atoms with Crippen molar-refractivity contribution in [3.05, 3.63) is 54.6 Å². The third kappa shape index (κ3) is 7.91. The molecule has 2 heterocycles. The summed E-state index contributed by atoms with van der Waals surface area (Å²) in [5.74, 6) is 0. The molecular formula is C13H16BF4N3. The molecule has 0 spiro atoms. The molecule has 0 amide bonds. The largest absolute Gasteiger partial charge is 0.673 e. The van der Waals surface area contributed by atoms with Crippen molar-refractivity contribution in [1.82, 2.24) is 4.98 Å². The third-order valence-corrected chi connectivity index (χ3v) is 2.46. The Morgan fingerprint density at radius 2 is 1.62 bits per heavy atom. The SMILES string of the molecule is CN(C)c1cc[n+](Cc2ccccn2)cc1.F[B-](F)(F)F. The number of hydrogen-bond acceptors (Lipinski definition) is 2. The second-order valence-electron chi connectivity index (χ2n) is 4.44. The van der Waals surface area contributed by atoms with Crippen LogP contribution in [0, 0.1) is 0 Å². The first-order valence-electron chi connectivity index (χ1n) is 6.19. The second-order valence-corrected chi connectivity index (χ2v) is 4.44. The van der Waals surface area contributed by atoms with Gasteiger partial charge in [-0.25, -0.2) is 0 Å². The van der Waals surface area contributed by atoms with E-state index in [-0.39, 0.29) is 0 Å². The molecule has 0 unspecified atom stereocenters. The van der Waals surface area contributed by atoms with Gasteiger partial charge >= 0.3 is 7.25 Å². The highest BCUT2D eigenvalue weighted by molar-refractivity contribution is 6.50. The first-order valence-corrected chi connectivity index (χ1v) is 6.19. The van der Waals surface area contributed by atoms with Crippen LogP contribution < -0.4 is 9.47 Å². The van der Waals surface area contributed by atoms with E-state index in [1.165, 1.54) is 5.69 Å². The van der Waals surface area contributed by atoms with E-state index in [4.69, 9.17) is 0 Å². The predicted molar refractivity (Wildman–Crippen MR) is 74.5 cm³/mol. The molecule has 2 aromatic heterocycles. The fourth-order valence-electron chi connectivity index (χ4n) is 1.53. The molecule has 0 aliphatic carbocycles. The molecule has 0 aromatic carbocycles. The van der Waals surface area contributed by atoms with Crippen LogP contribution >= 0.6 is 0 Å². The molecule has 0 bridgehead atoms. The quantitative estimate of drug-likeness (QED) is 0.493. The smallest absolute Gasteiger partial charge is 0.418 e. The van der Waals surface area contributed by atoms with Crippen LogP contribution in [0.4, 0.5) is 23.0 Å². The highest BCUT2D eigenvalue weighted by Crippen LogP contribution is 2.07. The number of nitrogens with zero attached hydrogens (tertiary/aromatic N) is 3. The summed E-state index contributed by atoms with van der Waals surface area (Å²) in [5, 5.41) is 0. The first-order chi connectivity index (χ1) is 9.75. The zero-order valence-electron chi connectivity index (χ0n) is 11.8. The molecule has 0 saturated heterocycles. The standard InChI is InChI=1S/C13H16N3.BF4/c1-15(2)13-6-9-16(10-7-13)11-12-5-3-4-8-14-12;2-1(3,4)5/h3-10H,11H2,1-2H3;/q+1;-1. The Bertz CT molecular complexity index is 523. The Morgan fingerprint density at radius 3 is 2.05 bits per heavy atom. The van der Waals surface area contributed by atoms with E-state index in [9.17, 15) is 17.3 Å². The molecule has 21 heavy (non-hydrogen) atoms. The highest BCUT2D eigenvalue weighted by atomic mass is 19.5. The summed E-state index contributed by atoms with van der Waals surface area (Å²) in [6, 6.07) is 10.2. The van der Waals surface area contributed by atoms with Gasteiger partial charge in [0.2, 0.25) is 0 Å². The van der Waals surface area contributed by atoms with Gasteiger partial charge in [-0.2, -0.15) is 4.57 Å². The van der Waals surface area contributed by atoms with Crippen molar-refractivity contribution in [2.75, 3.05) is 19.0 Å². The lowest BCUT2D eigenvalue weighted by Gasteiger charge is -2.10. The molecule has 114 valence electrons. The Balaban J connectivity index is 0.000000383. The zero-order chi connectivity index (χ0) is 15.9. The molecule has 3 nitrogen and oxygen atoms in total. The van der Waals surface area contributed by atoms with E-state index in [0.29, 0.717) is 0 Å². The van der Waals surface area contributed by atoms with Crippen LogP contribution in [0.3, 0.4) is 0 Å². The van der Waals surface area contributed by atoms with Gasteiger partial charge in [-0.1, -0.05) is 6.07 Å². The topological polar surface area (TPSA) is 20.0 Å². The minimum absolute atomic E-state index is 0.814. The number of aromatic nitrogens is 2. The fraction of sp³-hybridized carbons (Fsp3) is 0.231. The highest BCUT2D eigenvalue weighted by Gasteiger charge is 2.20. The lowest BCUT2D eigenvalue weighted by molar-refractivity contribution is -0.688. The van der Waals surface area contributed by atoms with Crippen LogP contribution in [-0.2, 0) is 6.54 Å². The van der Waals surface area contributed by atoms with E-state index >= 15 is 0 Å². The number of anilines is 1. The molecule has 8 heteroatoms. The van der Waals surface area contributed by atoms with Crippen LogP contribution in [0.1, 0.15) is 5.69 Å². The summed E-state index contributed by atoms with van der Waals surface area (Å²) in [5.41, 5.74) is 2.28. The molecule has 0 saturated carbocycles. The van der Waals surface area contributed by atoms with Gasteiger partial charge in [0.1, 0.15) is 5.69 Å². The molecule has 0 radical (unpaired) electrons. The summed E-state index contributed by atoms with van der Waals surface area (Å²) >= 11 is 0. The van der Waals surface area contributed by atoms with E-state index < -0.39 is 7.25 Å². The summed E-state index contributed by atoms with van der Waals surface area (Å²) in [6.45, 7) is 0.814. The van der Waals surface area contributed by atoms with Gasteiger partial charge in [0.25, 0.3) is 0 Å².